The van der Waals surface area contributed by atoms with Gasteiger partial charge in [0.25, 0.3) is 5.76 Å². The molecule has 0 fully saturated rings. The minimum atomic E-state index is -2.63. The number of hydrogen-bond donors (Lipinski definition) is 2. The third-order valence-electron chi connectivity index (χ3n) is 1.06. The zero-order chi connectivity index (χ0) is 10.4. The fourth-order valence-corrected chi connectivity index (χ4v) is 1.15. The average Bonchev–Trinajstić information content (AvgIpc) is 1.96. The quantitative estimate of drug-likeness (QED) is 0.699. The van der Waals surface area contributed by atoms with Crippen LogP contribution in [0, 0.1) is 0 Å². The molecule has 0 heterocycles. The van der Waals surface area contributed by atoms with Crippen LogP contribution < -0.4 is 5.32 Å². The first-order valence-corrected chi connectivity index (χ1v) is 4.38. The van der Waals surface area contributed by atoms with E-state index in [9.17, 15) is 18.4 Å². The first-order chi connectivity index (χ1) is 5.93. The molecule has 0 aromatic heterocycles. The largest absolute Gasteiger partial charge is 0.480 e. The lowest BCUT2D eigenvalue weighted by atomic mass is 10.3. The van der Waals surface area contributed by atoms with Gasteiger partial charge in [-0.2, -0.15) is 8.78 Å². The van der Waals surface area contributed by atoms with Gasteiger partial charge in [0.05, 0.1) is 0 Å². The molecule has 2 N–H and O–H groups in total. The van der Waals surface area contributed by atoms with Crippen LogP contribution in [-0.2, 0) is 9.59 Å². The highest BCUT2D eigenvalue weighted by Gasteiger charge is 2.20. The number of rotatable bonds is 5. The van der Waals surface area contributed by atoms with Gasteiger partial charge in [-0.15, -0.1) is 0 Å². The van der Waals surface area contributed by atoms with E-state index in [0.29, 0.717) is 0 Å². The lowest BCUT2D eigenvalue weighted by Crippen LogP contribution is -2.41. The monoisotopic (exact) mass is 213 g/mol. The number of aliphatic carboxylic acids is 1. The molecule has 4 nitrogen and oxygen atoms in total. The Balaban J connectivity index is 3.95. The van der Waals surface area contributed by atoms with Gasteiger partial charge in [-0.1, -0.05) is 11.8 Å². The highest BCUT2D eigenvalue weighted by atomic mass is 32.2. The Labute approximate surface area is 77.7 Å². The summed E-state index contributed by atoms with van der Waals surface area (Å²) in [7, 11) is 0. The first-order valence-electron chi connectivity index (χ1n) is 3.33. The number of carbonyl (C=O) groups excluding carboxylic acids is 1. The first kappa shape index (κ1) is 12.2. The summed E-state index contributed by atoms with van der Waals surface area (Å²) < 4.78 is 23.3. The van der Waals surface area contributed by atoms with Crippen LogP contribution in [0.3, 0.4) is 0 Å². The fraction of sp³-hybridized carbons (Fsp3) is 0.667. The summed E-state index contributed by atoms with van der Waals surface area (Å²) in [4.78, 5) is 20.8. The zero-order valence-corrected chi connectivity index (χ0v) is 7.61. The SMILES string of the molecule is CC(=O)NC(CSC(F)F)C(=O)O. The van der Waals surface area contributed by atoms with E-state index in [1.807, 2.05) is 5.32 Å². The Morgan fingerprint density at radius 1 is 1.54 bits per heavy atom. The number of halogens is 2. The van der Waals surface area contributed by atoms with Crippen LogP contribution in [0.4, 0.5) is 8.78 Å². The van der Waals surface area contributed by atoms with E-state index >= 15 is 0 Å². The summed E-state index contributed by atoms with van der Waals surface area (Å²) in [5.74, 6) is -4.84. The van der Waals surface area contributed by atoms with E-state index in [4.69, 9.17) is 5.11 Å². The Kier molecular flexibility index (Phi) is 5.36. The van der Waals surface area contributed by atoms with Crippen LogP contribution in [0.1, 0.15) is 6.92 Å². The molecule has 0 aromatic carbocycles. The van der Waals surface area contributed by atoms with Crippen LogP contribution >= 0.6 is 11.8 Å². The molecule has 0 rings (SSSR count). The van der Waals surface area contributed by atoms with Gasteiger partial charge in [0, 0.05) is 12.7 Å². The van der Waals surface area contributed by atoms with Crippen molar-refractivity contribution in [1.82, 2.24) is 5.32 Å². The third kappa shape index (κ3) is 6.32. The maximum atomic E-state index is 11.7. The molecule has 0 radical (unpaired) electrons. The van der Waals surface area contributed by atoms with Crippen molar-refractivity contribution in [2.24, 2.45) is 0 Å². The van der Waals surface area contributed by atoms with Gasteiger partial charge in [-0.05, 0) is 0 Å². The van der Waals surface area contributed by atoms with Gasteiger partial charge in [-0.25, -0.2) is 4.79 Å². The van der Waals surface area contributed by atoms with Crippen LogP contribution in [0.25, 0.3) is 0 Å². The Morgan fingerprint density at radius 2 is 2.08 bits per heavy atom. The lowest BCUT2D eigenvalue weighted by Gasteiger charge is -2.11. The Hall–Kier alpha value is -0.850. The molecule has 0 aromatic rings. The highest BCUT2D eigenvalue weighted by molar-refractivity contribution is 7.99. The average molecular weight is 213 g/mol. The third-order valence-corrected chi connectivity index (χ3v) is 1.84. The molecule has 0 aliphatic heterocycles. The van der Waals surface area contributed by atoms with Gasteiger partial charge in [0.1, 0.15) is 6.04 Å². The maximum absolute atomic E-state index is 11.7. The maximum Gasteiger partial charge on any atom is 0.327 e. The van der Waals surface area contributed by atoms with Crippen LogP contribution in [0.15, 0.2) is 0 Å². The van der Waals surface area contributed by atoms with Crippen molar-refractivity contribution in [2.45, 2.75) is 18.7 Å². The Morgan fingerprint density at radius 3 is 2.38 bits per heavy atom. The smallest absolute Gasteiger partial charge is 0.327 e. The van der Waals surface area contributed by atoms with E-state index in [0.717, 1.165) is 6.92 Å². The van der Waals surface area contributed by atoms with Gasteiger partial charge in [0.2, 0.25) is 5.91 Å². The van der Waals surface area contributed by atoms with Crippen molar-refractivity contribution in [3.8, 4) is 0 Å². The second-order valence-corrected chi connectivity index (χ2v) is 3.21. The molecule has 0 spiro atoms. The highest BCUT2D eigenvalue weighted by Crippen LogP contribution is 2.14. The predicted molar refractivity (Wildman–Crippen MR) is 43.7 cm³/mol. The van der Waals surface area contributed by atoms with Crippen LogP contribution in [-0.4, -0.2) is 34.5 Å². The minimum absolute atomic E-state index is 0.181. The normalized spacial score (nSPS) is 12.6. The van der Waals surface area contributed by atoms with Gasteiger partial charge in [-0.3, -0.25) is 4.79 Å². The number of nitrogens with one attached hydrogen (secondary N) is 1. The second-order valence-electron chi connectivity index (χ2n) is 2.19. The predicted octanol–water partition coefficient (Wildman–Crippen LogP) is 0.531. The summed E-state index contributed by atoms with van der Waals surface area (Å²) >= 11 is 0.181. The summed E-state index contributed by atoms with van der Waals surface area (Å²) in [6.07, 6.45) is 0. The lowest BCUT2D eigenvalue weighted by molar-refractivity contribution is -0.140. The summed E-state index contributed by atoms with van der Waals surface area (Å²) in [6, 6.07) is -1.25. The molecule has 1 amide bonds. The molecule has 7 heteroatoms. The number of carbonyl (C=O) groups is 2. The molecular formula is C6H9F2NO3S. The summed E-state index contributed by atoms with van der Waals surface area (Å²) in [5, 5.41) is 10.5. The van der Waals surface area contributed by atoms with E-state index in [1.165, 1.54) is 0 Å². The molecule has 0 aliphatic rings. The molecular weight excluding hydrogens is 204 g/mol. The van der Waals surface area contributed by atoms with Crippen molar-refractivity contribution in [3.63, 3.8) is 0 Å². The molecule has 0 bridgehead atoms. The molecule has 0 saturated carbocycles. The van der Waals surface area contributed by atoms with Gasteiger partial charge in [0.15, 0.2) is 0 Å². The standard InChI is InChI=1S/C6H9F2NO3S/c1-3(10)9-4(5(11)12)2-13-6(7)8/h4,6H,2H2,1H3,(H,9,10)(H,11,12). The van der Waals surface area contributed by atoms with Crippen molar-refractivity contribution < 1.29 is 23.5 Å². The molecule has 0 saturated heterocycles. The number of thioether (sulfide) groups is 1. The van der Waals surface area contributed by atoms with Crippen molar-refractivity contribution in [3.05, 3.63) is 0 Å². The zero-order valence-electron chi connectivity index (χ0n) is 6.79. The number of hydrogen-bond acceptors (Lipinski definition) is 3. The fourth-order valence-electron chi connectivity index (χ4n) is 0.589. The van der Waals surface area contributed by atoms with Crippen molar-refractivity contribution in [2.75, 3.05) is 5.75 Å². The van der Waals surface area contributed by atoms with E-state index < -0.39 is 23.7 Å². The van der Waals surface area contributed by atoms with Crippen LogP contribution in [0.2, 0.25) is 0 Å². The number of alkyl halides is 2. The minimum Gasteiger partial charge on any atom is -0.480 e. The van der Waals surface area contributed by atoms with Crippen molar-refractivity contribution >= 4 is 23.6 Å². The second kappa shape index (κ2) is 5.74. The van der Waals surface area contributed by atoms with E-state index in [-0.39, 0.29) is 17.5 Å². The molecule has 1 unspecified atom stereocenters. The topological polar surface area (TPSA) is 66.4 Å². The number of amides is 1. The summed E-state index contributed by atoms with van der Waals surface area (Å²) in [6.45, 7) is 1.13. The van der Waals surface area contributed by atoms with Crippen LogP contribution in [0.5, 0.6) is 0 Å². The van der Waals surface area contributed by atoms with Gasteiger partial charge < -0.3 is 10.4 Å². The molecule has 1 atom stereocenters. The molecule has 0 aliphatic carbocycles. The summed E-state index contributed by atoms with van der Waals surface area (Å²) in [5.41, 5.74) is 0. The number of carboxylic acids is 1. The van der Waals surface area contributed by atoms with E-state index in [1.54, 1.807) is 0 Å². The van der Waals surface area contributed by atoms with E-state index in [2.05, 4.69) is 0 Å². The molecule has 13 heavy (non-hydrogen) atoms. The molecule has 76 valence electrons. The van der Waals surface area contributed by atoms with Crippen molar-refractivity contribution in [1.29, 1.82) is 0 Å². The Bertz CT molecular complexity index is 200. The number of carboxylic acid groups (broad SMARTS) is 1. The van der Waals surface area contributed by atoms with Gasteiger partial charge >= 0.3 is 5.97 Å².